The van der Waals surface area contributed by atoms with Gasteiger partial charge in [-0.15, -0.1) is 11.8 Å². The number of aromatic hydroxyl groups is 1. The van der Waals surface area contributed by atoms with Crippen molar-refractivity contribution in [3.05, 3.63) is 46.8 Å². The van der Waals surface area contributed by atoms with Crippen molar-refractivity contribution in [1.29, 1.82) is 0 Å². The summed E-state index contributed by atoms with van der Waals surface area (Å²) in [6.07, 6.45) is 1.89. The molecule has 3 aromatic rings. The van der Waals surface area contributed by atoms with Gasteiger partial charge in [0.05, 0.1) is 11.1 Å². The largest absolute Gasteiger partial charge is 0.494 e. The highest BCUT2D eigenvalue weighted by Crippen LogP contribution is 2.27. The van der Waals surface area contributed by atoms with Crippen molar-refractivity contribution in [2.75, 3.05) is 6.26 Å². The van der Waals surface area contributed by atoms with Gasteiger partial charge in [-0.05, 0) is 18.4 Å². The summed E-state index contributed by atoms with van der Waals surface area (Å²) in [4.78, 5) is 14.3. The third-order valence-electron chi connectivity index (χ3n) is 2.81. The third kappa shape index (κ3) is 1.90. The monoisotopic (exact) mass is 273 g/mol. The molecule has 0 amide bonds. The highest BCUT2D eigenvalue weighted by atomic mass is 32.2. The predicted molar refractivity (Wildman–Crippen MR) is 75.1 cm³/mol. The molecular weight excluding hydrogens is 262 g/mol. The summed E-state index contributed by atoms with van der Waals surface area (Å²) < 4.78 is 1.71. The Hall–Kier alpha value is -2.21. The lowest BCUT2D eigenvalue weighted by molar-refractivity contribution is 0.453. The minimum absolute atomic E-state index is 0.178. The first-order chi connectivity index (χ1) is 9.20. The average Bonchev–Trinajstić information content (AvgIpc) is 2.78. The number of rotatable bonds is 2. The molecule has 0 fully saturated rings. The van der Waals surface area contributed by atoms with Crippen molar-refractivity contribution in [2.24, 2.45) is 0 Å². The predicted octanol–water partition coefficient (Wildman–Crippen LogP) is 2.14. The summed E-state index contributed by atoms with van der Waals surface area (Å²) in [6, 6.07) is 11.0. The molecule has 5 nitrogen and oxygen atoms in total. The smallest absolute Gasteiger partial charge is 0.262 e. The number of thioether (sulfide) groups is 1. The van der Waals surface area contributed by atoms with Crippen LogP contribution in [0.1, 0.15) is 0 Å². The number of para-hydroxylation sites is 1. The maximum Gasteiger partial charge on any atom is 0.262 e. The fourth-order valence-electron chi connectivity index (χ4n) is 2.01. The van der Waals surface area contributed by atoms with Gasteiger partial charge in [-0.25, -0.2) is 4.68 Å². The van der Waals surface area contributed by atoms with E-state index < -0.39 is 0 Å². The van der Waals surface area contributed by atoms with Crippen LogP contribution >= 0.6 is 11.8 Å². The normalized spacial score (nSPS) is 11.0. The van der Waals surface area contributed by atoms with E-state index in [9.17, 15) is 9.90 Å². The number of H-pyrrole nitrogens is 1. The lowest BCUT2D eigenvalue weighted by atomic mass is 10.3. The zero-order chi connectivity index (χ0) is 13.4. The third-order valence-corrected chi connectivity index (χ3v) is 3.57. The topological polar surface area (TPSA) is 70.9 Å². The summed E-state index contributed by atoms with van der Waals surface area (Å²) in [6.45, 7) is 0. The van der Waals surface area contributed by atoms with Crippen molar-refractivity contribution >= 4 is 22.7 Å². The Morgan fingerprint density at radius 1 is 1.32 bits per heavy atom. The average molecular weight is 273 g/mol. The number of pyridine rings is 1. The first-order valence-electron chi connectivity index (χ1n) is 5.65. The van der Waals surface area contributed by atoms with Crippen LogP contribution in [0.3, 0.4) is 0 Å². The van der Waals surface area contributed by atoms with E-state index in [1.807, 2.05) is 36.6 Å². The first-order valence-corrected chi connectivity index (χ1v) is 6.87. The molecule has 0 saturated carbocycles. The standard InChI is InChI=1S/C13H11N3O2S/c1-19-13-11-9(7-10(17)14-12(11)18)15-16(13)8-5-3-2-4-6-8/h2-7,17H,1H3,(H,14,18). The first kappa shape index (κ1) is 11.9. The zero-order valence-electron chi connectivity index (χ0n) is 10.1. The molecule has 0 saturated heterocycles. The minimum atomic E-state index is -0.332. The Kier molecular flexibility index (Phi) is 2.79. The Balaban J connectivity index is 2.38. The van der Waals surface area contributed by atoms with E-state index in [2.05, 4.69) is 10.1 Å². The minimum Gasteiger partial charge on any atom is -0.494 e. The number of aromatic amines is 1. The second kappa shape index (κ2) is 4.47. The van der Waals surface area contributed by atoms with Crippen molar-refractivity contribution in [3.63, 3.8) is 0 Å². The maximum atomic E-state index is 11.9. The number of fused-ring (bicyclic) bond motifs is 1. The van der Waals surface area contributed by atoms with Crippen molar-refractivity contribution in [2.45, 2.75) is 5.03 Å². The van der Waals surface area contributed by atoms with E-state index in [-0.39, 0.29) is 11.4 Å². The van der Waals surface area contributed by atoms with Gasteiger partial charge in [0.1, 0.15) is 10.5 Å². The fourth-order valence-corrected chi connectivity index (χ4v) is 2.73. The molecule has 2 heterocycles. The summed E-state index contributed by atoms with van der Waals surface area (Å²) in [5, 5.41) is 15.1. The second-order valence-corrected chi connectivity index (χ2v) is 4.80. The van der Waals surface area contributed by atoms with Crippen LogP contribution in [0, 0.1) is 0 Å². The van der Waals surface area contributed by atoms with Gasteiger partial charge in [0, 0.05) is 6.07 Å². The summed E-state index contributed by atoms with van der Waals surface area (Å²) in [5.74, 6) is -0.178. The molecule has 2 aromatic heterocycles. The van der Waals surface area contributed by atoms with Crippen LogP contribution in [0.5, 0.6) is 5.88 Å². The molecule has 6 heteroatoms. The number of hydrogen-bond donors (Lipinski definition) is 2. The molecule has 0 aliphatic rings. The van der Waals surface area contributed by atoms with E-state index in [0.29, 0.717) is 10.9 Å². The van der Waals surface area contributed by atoms with E-state index in [4.69, 9.17) is 0 Å². The van der Waals surface area contributed by atoms with Gasteiger partial charge in [0.15, 0.2) is 5.88 Å². The maximum absolute atomic E-state index is 11.9. The molecule has 0 unspecified atom stereocenters. The van der Waals surface area contributed by atoms with Crippen LogP contribution in [0.25, 0.3) is 16.6 Å². The van der Waals surface area contributed by atoms with Gasteiger partial charge in [-0.2, -0.15) is 5.10 Å². The molecular formula is C13H11N3O2S. The van der Waals surface area contributed by atoms with E-state index in [1.165, 1.54) is 17.8 Å². The van der Waals surface area contributed by atoms with Gasteiger partial charge >= 0.3 is 0 Å². The Bertz CT molecular complexity index is 793. The number of aromatic nitrogens is 3. The van der Waals surface area contributed by atoms with Crippen molar-refractivity contribution < 1.29 is 5.11 Å². The molecule has 0 bridgehead atoms. The van der Waals surface area contributed by atoms with E-state index in [1.54, 1.807) is 4.68 Å². The van der Waals surface area contributed by atoms with E-state index >= 15 is 0 Å². The summed E-state index contributed by atoms with van der Waals surface area (Å²) in [5.41, 5.74) is 1.03. The number of benzene rings is 1. The number of nitrogens with one attached hydrogen (secondary N) is 1. The van der Waals surface area contributed by atoms with Crippen molar-refractivity contribution in [3.8, 4) is 11.6 Å². The van der Waals surface area contributed by atoms with Crippen LogP contribution in [0.15, 0.2) is 46.2 Å². The van der Waals surface area contributed by atoms with Crippen LogP contribution in [-0.4, -0.2) is 26.1 Å². The molecule has 0 aliphatic heterocycles. The van der Waals surface area contributed by atoms with E-state index in [0.717, 1.165) is 10.7 Å². The Morgan fingerprint density at radius 3 is 2.74 bits per heavy atom. The SMILES string of the molecule is CSc1c2c(=O)[nH]c(O)cc2nn1-c1ccccc1. The summed E-state index contributed by atoms with van der Waals surface area (Å²) >= 11 is 1.45. The molecule has 19 heavy (non-hydrogen) atoms. The van der Waals surface area contributed by atoms with Gasteiger partial charge in [-0.1, -0.05) is 18.2 Å². The molecule has 2 N–H and O–H groups in total. The Labute approximate surface area is 112 Å². The lowest BCUT2D eigenvalue weighted by Gasteiger charge is -2.04. The van der Waals surface area contributed by atoms with Gasteiger partial charge < -0.3 is 5.11 Å². The molecule has 0 aliphatic carbocycles. The highest BCUT2D eigenvalue weighted by Gasteiger charge is 2.15. The number of nitrogens with zero attached hydrogens (tertiary/aromatic N) is 2. The quantitative estimate of drug-likeness (QED) is 0.702. The lowest BCUT2D eigenvalue weighted by Crippen LogP contribution is -2.05. The van der Waals surface area contributed by atoms with Crippen LogP contribution in [0.2, 0.25) is 0 Å². The van der Waals surface area contributed by atoms with Crippen molar-refractivity contribution in [1.82, 2.24) is 14.8 Å². The zero-order valence-corrected chi connectivity index (χ0v) is 10.9. The molecule has 1 aromatic carbocycles. The van der Waals surface area contributed by atoms with Gasteiger partial charge in [0.25, 0.3) is 5.56 Å². The van der Waals surface area contributed by atoms with Crippen LogP contribution in [-0.2, 0) is 0 Å². The molecule has 96 valence electrons. The molecule has 3 rings (SSSR count). The highest BCUT2D eigenvalue weighted by molar-refractivity contribution is 7.98. The van der Waals surface area contributed by atoms with Crippen LogP contribution < -0.4 is 5.56 Å². The fraction of sp³-hybridized carbons (Fsp3) is 0.0769. The molecule has 0 radical (unpaired) electrons. The second-order valence-electron chi connectivity index (χ2n) is 4.00. The molecule has 0 spiro atoms. The van der Waals surface area contributed by atoms with Crippen LogP contribution in [0.4, 0.5) is 0 Å². The number of hydrogen-bond acceptors (Lipinski definition) is 4. The summed E-state index contributed by atoms with van der Waals surface area (Å²) in [7, 11) is 0. The van der Waals surface area contributed by atoms with Gasteiger partial charge in [0.2, 0.25) is 0 Å². The molecule has 0 atom stereocenters. The van der Waals surface area contributed by atoms with Gasteiger partial charge in [-0.3, -0.25) is 9.78 Å². The Morgan fingerprint density at radius 2 is 2.05 bits per heavy atom.